The van der Waals surface area contributed by atoms with E-state index >= 15 is 0 Å². The van der Waals surface area contributed by atoms with Gasteiger partial charge in [-0.15, -0.1) is 11.8 Å². The fraction of sp³-hybridized carbons (Fsp3) is 0.333. The van der Waals surface area contributed by atoms with E-state index in [2.05, 4.69) is 78.1 Å². The van der Waals surface area contributed by atoms with E-state index in [9.17, 15) is 14.7 Å². The zero-order valence-corrected chi connectivity index (χ0v) is 23.8. The highest BCUT2D eigenvalue weighted by atomic mass is 32.2. The molecule has 0 radical (unpaired) electrons. The molecular formula is C33H39NO4S. The van der Waals surface area contributed by atoms with Crippen LogP contribution in [-0.4, -0.2) is 42.0 Å². The summed E-state index contributed by atoms with van der Waals surface area (Å²) in [7, 11) is 1.31. The summed E-state index contributed by atoms with van der Waals surface area (Å²) >= 11 is 1.85. The monoisotopic (exact) mass is 545 g/mol. The Labute approximate surface area is 236 Å². The van der Waals surface area contributed by atoms with E-state index in [1.165, 1.54) is 23.8 Å². The maximum Gasteiger partial charge on any atom is 0.328 e. The number of thioether (sulfide) groups is 1. The number of ether oxygens (including phenoxy) is 1. The molecule has 0 aliphatic rings. The van der Waals surface area contributed by atoms with E-state index in [1.54, 1.807) is 6.08 Å². The van der Waals surface area contributed by atoms with E-state index in [0.29, 0.717) is 0 Å². The molecule has 3 aromatic carbocycles. The minimum absolute atomic E-state index is 0.0646. The maximum atomic E-state index is 12.5. The summed E-state index contributed by atoms with van der Waals surface area (Å²) in [6.07, 6.45) is 3.96. The molecular weight excluding hydrogens is 506 g/mol. The van der Waals surface area contributed by atoms with Crippen molar-refractivity contribution in [2.75, 3.05) is 12.9 Å². The first-order valence-corrected chi connectivity index (χ1v) is 14.4. The number of hydrogen-bond donors (Lipinski definition) is 2. The van der Waals surface area contributed by atoms with Gasteiger partial charge in [-0.05, 0) is 34.8 Å². The molecule has 2 N–H and O–H groups in total. The summed E-state index contributed by atoms with van der Waals surface area (Å²) < 4.78 is 4.43. The molecule has 3 rings (SSSR count). The fourth-order valence-corrected chi connectivity index (χ4v) is 6.06. The highest BCUT2D eigenvalue weighted by Crippen LogP contribution is 2.48. The van der Waals surface area contributed by atoms with Crippen LogP contribution in [0.25, 0.3) is 0 Å². The van der Waals surface area contributed by atoms with Gasteiger partial charge in [0.05, 0.1) is 24.4 Å². The minimum Gasteiger partial charge on any atom is -0.467 e. The lowest BCUT2D eigenvalue weighted by molar-refractivity contribution is -0.146. The molecule has 1 amide bonds. The molecule has 6 heteroatoms. The molecule has 0 aliphatic heterocycles. The van der Waals surface area contributed by atoms with Crippen molar-refractivity contribution >= 4 is 23.6 Å². The Morgan fingerprint density at radius 3 is 1.85 bits per heavy atom. The maximum absolute atomic E-state index is 12.5. The van der Waals surface area contributed by atoms with Crippen LogP contribution in [0, 0.1) is 5.92 Å². The molecule has 3 aromatic rings. The van der Waals surface area contributed by atoms with E-state index in [4.69, 9.17) is 4.74 Å². The summed E-state index contributed by atoms with van der Waals surface area (Å²) in [5.41, 5.74) is 3.61. The van der Waals surface area contributed by atoms with Crippen molar-refractivity contribution in [1.29, 1.82) is 0 Å². The smallest absolute Gasteiger partial charge is 0.328 e. The topological polar surface area (TPSA) is 75.6 Å². The van der Waals surface area contributed by atoms with Gasteiger partial charge in [0.25, 0.3) is 0 Å². The number of rotatable bonds is 14. The first-order chi connectivity index (χ1) is 18.9. The molecule has 0 spiro atoms. The number of amides is 1. The fourth-order valence-electron chi connectivity index (χ4n) is 4.59. The number of nitrogens with one attached hydrogen (secondary N) is 1. The van der Waals surface area contributed by atoms with Gasteiger partial charge in [0.1, 0.15) is 6.04 Å². The Kier molecular flexibility index (Phi) is 11.8. The van der Waals surface area contributed by atoms with Gasteiger partial charge >= 0.3 is 5.97 Å². The number of allylic oxidation sites excluding steroid dienone is 1. The summed E-state index contributed by atoms with van der Waals surface area (Å²) in [6, 6.07) is 30.9. The summed E-state index contributed by atoms with van der Waals surface area (Å²) in [6.45, 7) is 3.83. The normalized spacial score (nSPS) is 13.9. The molecule has 0 heterocycles. The lowest BCUT2D eigenvalue weighted by atomic mass is 9.84. The van der Waals surface area contributed by atoms with Crippen LogP contribution in [0.5, 0.6) is 0 Å². The van der Waals surface area contributed by atoms with Crippen molar-refractivity contribution in [2.45, 2.75) is 50.0 Å². The number of aliphatic hydroxyl groups excluding tert-OH is 1. The molecule has 206 valence electrons. The Balaban J connectivity index is 1.69. The molecule has 5 nitrogen and oxygen atoms in total. The van der Waals surface area contributed by atoms with Crippen LogP contribution >= 0.6 is 11.8 Å². The van der Waals surface area contributed by atoms with Crippen LogP contribution in [0.4, 0.5) is 0 Å². The Hall–Kier alpha value is -3.35. The summed E-state index contributed by atoms with van der Waals surface area (Å²) in [5.74, 6) is -0.121. The number of carbonyl (C=O) groups excluding carboxylic acids is 2. The number of methoxy groups -OCH3 is 1. The lowest BCUT2D eigenvalue weighted by Gasteiger charge is -2.35. The van der Waals surface area contributed by atoms with Crippen LogP contribution in [-0.2, 0) is 19.1 Å². The van der Waals surface area contributed by atoms with Gasteiger partial charge < -0.3 is 15.2 Å². The van der Waals surface area contributed by atoms with Gasteiger partial charge in [0.15, 0.2) is 0 Å². The van der Waals surface area contributed by atoms with Crippen molar-refractivity contribution in [2.24, 2.45) is 5.92 Å². The minimum atomic E-state index is -0.938. The van der Waals surface area contributed by atoms with Crippen molar-refractivity contribution in [3.63, 3.8) is 0 Å². The number of carbonyl (C=O) groups is 2. The third-order valence-electron chi connectivity index (χ3n) is 6.88. The van der Waals surface area contributed by atoms with E-state index in [0.717, 1.165) is 18.6 Å². The van der Waals surface area contributed by atoms with Crippen LogP contribution < -0.4 is 5.32 Å². The van der Waals surface area contributed by atoms with Crippen LogP contribution in [0.1, 0.15) is 49.8 Å². The zero-order chi connectivity index (χ0) is 28.1. The summed E-state index contributed by atoms with van der Waals surface area (Å²) in [5, 5.41) is 13.2. The van der Waals surface area contributed by atoms with E-state index < -0.39 is 22.9 Å². The first-order valence-electron chi connectivity index (χ1n) is 13.4. The predicted octanol–water partition coefficient (Wildman–Crippen LogP) is 6.11. The van der Waals surface area contributed by atoms with Crippen LogP contribution in [0.2, 0.25) is 0 Å². The zero-order valence-electron chi connectivity index (χ0n) is 23.0. The highest BCUT2D eigenvalue weighted by molar-refractivity contribution is 8.00. The van der Waals surface area contributed by atoms with Crippen molar-refractivity contribution in [3.8, 4) is 0 Å². The van der Waals surface area contributed by atoms with Crippen molar-refractivity contribution in [3.05, 3.63) is 120 Å². The molecule has 0 saturated heterocycles. The molecule has 0 saturated carbocycles. The molecule has 0 aromatic heterocycles. The van der Waals surface area contributed by atoms with Gasteiger partial charge in [-0.3, -0.25) is 4.79 Å². The van der Waals surface area contributed by atoms with Gasteiger partial charge in [-0.1, -0.05) is 123 Å². The second-order valence-corrected chi connectivity index (χ2v) is 10.9. The summed E-state index contributed by atoms with van der Waals surface area (Å²) in [4.78, 5) is 24.5. The van der Waals surface area contributed by atoms with E-state index in [-0.39, 0.29) is 18.2 Å². The molecule has 39 heavy (non-hydrogen) atoms. The molecule has 3 unspecified atom stereocenters. The lowest BCUT2D eigenvalue weighted by Crippen LogP contribution is -2.46. The predicted molar refractivity (Wildman–Crippen MR) is 159 cm³/mol. The molecule has 0 bridgehead atoms. The van der Waals surface area contributed by atoms with Gasteiger partial charge in [-0.25, -0.2) is 4.79 Å². The van der Waals surface area contributed by atoms with Crippen LogP contribution in [0.3, 0.4) is 0 Å². The SMILES string of the molecule is CCC(C)C(NC(=O)CC(O)/C=C/CCSC(c1ccccc1)(c1ccccc1)c1ccccc1)C(=O)OC. The first kappa shape index (κ1) is 30.2. The number of benzene rings is 3. The molecule has 0 fully saturated rings. The molecule has 3 atom stereocenters. The number of aliphatic hydroxyl groups is 1. The highest BCUT2D eigenvalue weighted by Gasteiger charge is 2.36. The molecule has 0 aliphatic carbocycles. The Morgan fingerprint density at radius 2 is 1.41 bits per heavy atom. The second kappa shape index (κ2) is 15.3. The number of hydrogen-bond acceptors (Lipinski definition) is 5. The van der Waals surface area contributed by atoms with Crippen molar-refractivity contribution < 1.29 is 19.4 Å². The van der Waals surface area contributed by atoms with Gasteiger partial charge in [0.2, 0.25) is 5.91 Å². The van der Waals surface area contributed by atoms with Crippen molar-refractivity contribution in [1.82, 2.24) is 5.32 Å². The Bertz CT molecular complexity index is 1090. The second-order valence-electron chi connectivity index (χ2n) is 9.57. The largest absolute Gasteiger partial charge is 0.467 e. The van der Waals surface area contributed by atoms with Gasteiger partial charge in [0, 0.05) is 0 Å². The standard InChI is InChI=1S/C33H39NO4S/c1-4-25(2)31(32(37)38-3)34-30(36)24-29(35)22-14-15-23-39-33(26-16-8-5-9-17-26,27-18-10-6-11-19-27)28-20-12-7-13-21-28/h5-14,16-22,25,29,31,35H,4,15,23-24H2,1-3H3,(H,34,36)/b22-14+. The quantitative estimate of drug-likeness (QED) is 0.111. The third-order valence-corrected chi connectivity index (χ3v) is 8.46. The van der Waals surface area contributed by atoms with E-state index in [1.807, 2.05) is 49.9 Å². The average Bonchev–Trinajstić information content (AvgIpc) is 2.98. The Morgan fingerprint density at radius 1 is 0.923 bits per heavy atom. The average molecular weight is 546 g/mol. The number of esters is 1. The van der Waals surface area contributed by atoms with Crippen LogP contribution in [0.15, 0.2) is 103 Å². The third kappa shape index (κ3) is 8.07. The van der Waals surface area contributed by atoms with Gasteiger partial charge in [-0.2, -0.15) is 0 Å².